The molecule has 3 aliphatic rings. The van der Waals surface area contributed by atoms with Gasteiger partial charge in [-0.2, -0.15) is 0 Å². The normalized spacial score (nSPS) is 29.0. The summed E-state index contributed by atoms with van der Waals surface area (Å²) in [6, 6.07) is 1.76. The molecule has 1 aromatic carbocycles. The standard InChI is InChI=1S/C20H24N2O4/c1-12-11-25-18-15(23)10-13-14-6-5-7-21-19(24)20(14,26-17(13)16(12)18)22-8-3-2-4-9-22/h10-11,14,23H,2-9H2,1H3,(H,21,24)/p+1/t14-,20+/m1/s1. The van der Waals surface area contributed by atoms with Crippen LogP contribution in [0.4, 0.5) is 0 Å². The number of piperidine rings is 1. The molecule has 1 amide bonds. The zero-order chi connectivity index (χ0) is 17.9. The van der Waals surface area contributed by atoms with Crippen molar-refractivity contribution in [2.75, 3.05) is 19.6 Å². The maximum absolute atomic E-state index is 13.3. The number of hydrogen-bond acceptors (Lipinski definition) is 4. The second kappa shape index (κ2) is 5.64. The van der Waals surface area contributed by atoms with Crippen LogP contribution in [0.15, 0.2) is 16.7 Å². The summed E-state index contributed by atoms with van der Waals surface area (Å²) in [5.74, 6) is 0.799. The van der Waals surface area contributed by atoms with Gasteiger partial charge in [0, 0.05) is 12.1 Å². The van der Waals surface area contributed by atoms with Crippen LogP contribution < -0.4 is 15.0 Å². The zero-order valence-electron chi connectivity index (χ0n) is 15.1. The van der Waals surface area contributed by atoms with E-state index in [1.165, 1.54) is 11.3 Å². The lowest BCUT2D eigenvalue weighted by molar-refractivity contribution is -0.967. The summed E-state index contributed by atoms with van der Waals surface area (Å²) < 4.78 is 12.2. The summed E-state index contributed by atoms with van der Waals surface area (Å²) in [6.07, 6.45) is 6.87. The summed E-state index contributed by atoms with van der Waals surface area (Å²) in [7, 11) is 0. The third-order valence-electron chi connectivity index (χ3n) is 6.39. The summed E-state index contributed by atoms with van der Waals surface area (Å²) in [4.78, 5) is 14.5. The van der Waals surface area contributed by atoms with Gasteiger partial charge in [0.15, 0.2) is 11.3 Å². The van der Waals surface area contributed by atoms with Crippen LogP contribution >= 0.6 is 0 Å². The van der Waals surface area contributed by atoms with Crippen molar-refractivity contribution in [3.8, 4) is 11.5 Å². The van der Waals surface area contributed by atoms with Gasteiger partial charge >= 0.3 is 11.6 Å². The van der Waals surface area contributed by atoms with Gasteiger partial charge in [-0.15, -0.1) is 0 Å². The molecule has 138 valence electrons. The van der Waals surface area contributed by atoms with E-state index in [0.717, 1.165) is 61.0 Å². The number of hydrogen-bond donors (Lipinski definition) is 3. The molecule has 0 unspecified atom stereocenters. The Hall–Kier alpha value is -2.21. The van der Waals surface area contributed by atoms with Crippen LogP contribution in [0.2, 0.25) is 0 Å². The number of furan rings is 1. The smallest absolute Gasteiger partial charge is 0.328 e. The average Bonchev–Trinajstić information content (AvgIpc) is 3.14. The van der Waals surface area contributed by atoms with E-state index in [1.807, 2.05) is 6.92 Å². The molecule has 2 fully saturated rings. The highest BCUT2D eigenvalue weighted by Gasteiger charge is 2.63. The lowest BCUT2D eigenvalue weighted by Gasteiger charge is -2.39. The number of likely N-dealkylation sites (tertiary alicyclic amines) is 1. The third-order valence-corrected chi connectivity index (χ3v) is 6.39. The molecular formula is C20H25N2O4+. The molecule has 2 aromatic rings. The van der Waals surface area contributed by atoms with Gasteiger partial charge in [0.1, 0.15) is 5.75 Å². The van der Waals surface area contributed by atoms with Crippen molar-refractivity contribution < 1.29 is 24.0 Å². The van der Waals surface area contributed by atoms with Gasteiger partial charge in [-0.25, -0.2) is 0 Å². The first-order valence-corrected chi connectivity index (χ1v) is 9.69. The minimum Gasteiger partial charge on any atom is -0.504 e. The van der Waals surface area contributed by atoms with Crippen molar-refractivity contribution >= 4 is 16.9 Å². The lowest BCUT2D eigenvalue weighted by atomic mass is 9.84. The van der Waals surface area contributed by atoms with Gasteiger partial charge in [-0.3, -0.25) is 9.69 Å². The highest BCUT2D eigenvalue weighted by atomic mass is 16.5. The van der Waals surface area contributed by atoms with Gasteiger partial charge in [0.2, 0.25) is 0 Å². The lowest BCUT2D eigenvalue weighted by Crippen LogP contribution is -3.23. The minimum absolute atomic E-state index is 0.0121. The number of ether oxygens (including phenoxy) is 1. The van der Waals surface area contributed by atoms with Crippen molar-refractivity contribution in [3.63, 3.8) is 0 Å². The molecule has 0 aliphatic carbocycles. The van der Waals surface area contributed by atoms with Crippen LogP contribution in [-0.4, -0.2) is 36.4 Å². The number of nitrogens with one attached hydrogen (secondary N) is 2. The predicted molar refractivity (Wildman–Crippen MR) is 95.5 cm³/mol. The van der Waals surface area contributed by atoms with Crippen LogP contribution in [0.1, 0.15) is 49.1 Å². The Balaban J connectivity index is 1.74. The van der Waals surface area contributed by atoms with Gasteiger partial charge in [-0.1, -0.05) is 0 Å². The molecule has 3 aliphatic heterocycles. The minimum atomic E-state index is -0.927. The Labute approximate surface area is 152 Å². The fraction of sp³-hybridized carbons (Fsp3) is 0.550. The Morgan fingerprint density at radius 1 is 1.27 bits per heavy atom. The van der Waals surface area contributed by atoms with E-state index in [2.05, 4.69) is 5.32 Å². The molecular weight excluding hydrogens is 332 g/mol. The zero-order valence-corrected chi connectivity index (χ0v) is 15.1. The molecule has 0 bridgehead atoms. The first-order valence-electron chi connectivity index (χ1n) is 9.69. The quantitative estimate of drug-likeness (QED) is 0.725. The Morgan fingerprint density at radius 2 is 2.08 bits per heavy atom. The van der Waals surface area contributed by atoms with Crippen LogP contribution in [0.25, 0.3) is 11.0 Å². The van der Waals surface area contributed by atoms with E-state index >= 15 is 0 Å². The van der Waals surface area contributed by atoms with E-state index in [0.29, 0.717) is 12.1 Å². The summed E-state index contributed by atoms with van der Waals surface area (Å²) >= 11 is 0. The average molecular weight is 357 g/mol. The number of amides is 1. The predicted octanol–water partition coefficient (Wildman–Crippen LogP) is 1.60. The Bertz CT molecular complexity index is 884. The summed E-state index contributed by atoms with van der Waals surface area (Å²) in [5, 5.41) is 14.4. The van der Waals surface area contributed by atoms with Gasteiger partial charge in [0.25, 0.3) is 0 Å². The number of quaternary nitrogens is 1. The van der Waals surface area contributed by atoms with Crippen LogP contribution in [-0.2, 0) is 4.79 Å². The third kappa shape index (κ3) is 1.99. The largest absolute Gasteiger partial charge is 0.504 e. The second-order valence-corrected chi connectivity index (χ2v) is 7.89. The number of carbonyl (C=O) groups excluding carboxylic acids is 1. The maximum atomic E-state index is 13.3. The molecule has 3 N–H and O–H groups in total. The molecule has 0 radical (unpaired) electrons. The fourth-order valence-corrected chi connectivity index (χ4v) is 5.19. The van der Waals surface area contributed by atoms with E-state index < -0.39 is 5.72 Å². The highest BCUT2D eigenvalue weighted by Crippen LogP contribution is 2.52. The van der Waals surface area contributed by atoms with Gasteiger partial charge < -0.3 is 19.6 Å². The van der Waals surface area contributed by atoms with E-state index in [1.54, 1.807) is 12.3 Å². The molecule has 0 spiro atoms. The highest BCUT2D eigenvalue weighted by molar-refractivity contribution is 5.96. The number of phenols is 1. The number of aryl methyl sites for hydroxylation is 1. The summed E-state index contributed by atoms with van der Waals surface area (Å²) in [6.45, 7) is 4.51. The van der Waals surface area contributed by atoms with E-state index in [-0.39, 0.29) is 17.6 Å². The molecule has 26 heavy (non-hydrogen) atoms. The van der Waals surface area contributed by atoms with Crippen molar-refractivity contribution in [3.05, 3.63) is 23.5 Å². The monoisotopic (exact) mass is 357 g/mol. The Kier molecular flexibility index (Phi) is 3.47. The number of phenolic OH excluding ortho intramolecular Hbond substituents is 1. The molecule has 2 atom stereocenters. The molecule has 6 heteroatoms. The number of carbonyl (C=O) groups is 1. The van der Waals surface area contributed by atoms with Crippen molar-refractivity contribution in [1.29, 1.82) is 0 Å². The van der Waals surface area contributed by atoms with E-state index in [4.69, 9.17) is 9.15 Å². The molecule has 4 heterocycles. The number of benzene rings is 1. The summed E-state index contributed by atoms with van der Waals surface area (Å²) in [5.41, 5.74) is 1.40. The van der Waals surface area contributed by atoms with Crippen LogP contribution in [0, 0.1) is 6.92 Å². The molecule has 6 nitrogen and oxygen atoms in total. The van der Waals surface area contributed by atoms with Crippen molar-refractivity contribution in [2.24, 2.45) is 0 Å². The molecule has 5 rings (SSSR count). The number of aromatic hydroxyl groups is 1. The van der Waals surface area contributed by atoms with Gasteiger partial charge in [0.05, 0.1) is 30.7 Å². The first kappa shape index (κ1) is 16.0. The van der Waals surface area contributed by atoms with Crippen molar-refractivity contribution in [1.82, 2.24) is 5.32 Å². The Morgan fingerprint density at radius 3 is 2.88 bits per heavy atom. The number of fused-ring (bicyclic) bond motifs is 5. The molecule has 1 aromatic heterocycles. The first-order chi connectivity index (χ1) is 12.6. The van der Waals surface area contributed by atoms with E-state index in [9.17, 15) is 9.90 Å². The maximum Gasteiger partial charge on any atom is 0.328 e. The molecule has 0 saturated carbocycles. The van der Waals surface area contributed by atoms with Gasteiger partial charge in [-0.05, 0) is 50.7 Å². The van der Waals surface area contributed by atoms with Crippen LogP contribution in [0.5, 0.6) is 11.5 Å². The SMILES string of the molecule is Cc1coc2c(O)cc3c(c12)O[C@]1([NH+]2CCCCC2)C(=O)NCCC[C@H]31. The second-order valence-electron chi connectivity index (χ2n) is 7.89. The number of rotatable bonds is 1. The molecule has 2 saturated heterocycles. The fourth-order valence-electron chi connectivity index (χ4n) is 5.19. The van der Waals surface area contributed by atoms with Crippen molar-refractivity contribution in [2.45, 2.75) is 50.7 Å². The topological polar surface area (TPSA) is 76.1 Å². The van der Waals surface area contributed by atoms with Crippen LogP contribution in [0.3, 0.4) is 0 Å².